The highest BCUT2D eigenvalue weighted by atomic mass is 16.5. The molecule has 1 amide bonds. The molecule has 29 heavy (non-hydrogen) atoms. The highest BCUT2D eigenvalue weighted by Gasteiger charge is 2.10. The number of rotatable bonds is 6. The van der Waals surface area contributed by atoms with Gasteiger partial charge in [-0.05, 0) is 35.9 Å². The molecule has 2 N–H and O–H groups in total. The quantitative estimate of drug-likeness (QED) is 0.377. The summed E-state index contributed by atoms with van der Waals surface area (Å²) in [5, 5.41) is 10.9. The minimum absolute atomic E-state index is 0.335. The zero-order chi connectivity index (χ0) is 19.9. The van der Waals surface area contributed by atoms with Crippen LogP contribution in [0.25, 0.3) is 11.3 Å². The number of carbonyl (C=O) groups excluding carboxylic acids is 1. The Kier molecular flexibility index (Phi) is 5.43. The second-order valence-corrected chi connectivity index (χ2v) is 6.22. The van der Waals surface area contributed by atoms with Crippen molar-refractivity contribution >= 4 is 12.1 Å². The van der Waals surface area contributed by atoms with Crippen molar-refractivity contribution in [3.63, 3.8) is 0 Å². The first-order valence-electron chi connectivity index (χ1n) is 9.05. The Morgan fingerprint density at radius 1 is 0.897 bits per heavy atom. The van der Waals surface area contributed by atoms with E-state index in [9.17, 15) is 4.79 Å². The molecule has 1 heterocycles. The summed E-state index contributed by atoms with van der Waals surface area (Å²) in [6.07, 6.45) is 1.56. The molecule has 0 bridgehead atoms. The minimum atomic E-state index is -0.368. The van der Waals surface area contributed by atoms with E-state index in [1.807, 2.05) is 84.9 Å². The summed E-state index contributed by atoms with van der Waals surface area (Å²) in [4.78, 5) is 12.3. The first kappa shape index (κ1) is 18.2. The van der Waals surface area contributed by atoms with Crippen LogP contribution < -0.4 is 10.2 Å². The number of nitrogens with zero attached hydrogens (tertiary/aromatic N) is 2. The van der Waals surface area contributed by atoms with Crippen molar-refractivity contribution < 1.29 is 9.53 Å². The van der Waals surface area contributed by atoms with Gasteiger partial charge in [-0.1, -0.05) is 60.7 Å². The molecule has 0 atom stereocenters. The van der Waals surface area contributed by atoms with Crippen molar-refractivity contribution in [2.24, 2.45) is 5.10 Å². The summed E-state index contributed by atoms with van der Waals surface area (Å²) in [6, 6.07) is 28.3. The van der Waals surface area contributed by atoms with Crippen molar-refractivity contribution in [3.8, 4) is 22.8 Å². The number of aromatic nitrogens is 2. The van der Waals surface area contributed by atoms with Crippen LogP contribution in [0.5, 0.6) is 11.5 Å². The molecule has 6 nitrogen and oxygen atoms in total. The second-order valence-electron chi connectivity index (χ2n) is 6.22. The predicted molar refractivity (Wildman–Crippen MR) is 112 cm³/mol. The average Bonchev–Trinajstić information content (AvgIpc) is 3.26. The van der Waals surface area contributed by atoms with Crippen LogP contribution >= 0.6 is 0 Å². The summed E-state index contributed by atoms with van der Waals surface area (Å²) in [7, 11) is 0. The van der Waals surface area contributed by atoms with E-state index in [0.29, 0.717) is 17.1 Å². The van der Waals surface area contributed by atoms with Gasteiger partial charge < -0.3 is 4.74 Å². The molecule has 0 saturated carbocycles. The van der Waals surface area contributed by atoms with E-state index < -0.39 is 0 Å². The maximum absolute atomic E-state index is 12.3. The van der Waals surface area contributed by atoms with Gasteiger partial charge in [-0.15, -0.1) is 0 Å². The number of para-hydroxylation sites is 1. The highest BCUT2D eigenvalue weighted by Crippen LogP contribution is 2.21. The van der Waals surface area contributed by atoms with Gasteiger partial charge in [0.1, 0.15) is 17.2 Å². The van der Waals surface area contributed by atoms with Gasteiger partial charge in [0.25, 0.3) is 5.91 Å². The van der Waals surface area contributed by atoms with E-state index in [0.717, 1.165) is 16.9 Å². The third kappa shape index (κ3) is 4.75. The summed E-state index contributed by atoms with van der Waals surface area (Å²) in [5.74, 6) is 1.07. The van der Waals surface area contributed by atoms with Gasteiger partial charge in [-0.25, -0.2) is 5.43 Å². The lowest BCUT2D eigenvalue weighted by Crippen LogP contribution is -2.18. The third-order valence-electron chi connectivity index (χ3n) is 4.11. The number of carbonyl (C=O) groups is 1. The molecule has 0 spiro atoms. The third-order valence-corrected chi connectivity index (χ3v) is 4.11. The van der Waals surface area contributed by atoms with Crippen molar-refractivity contribution in [1.29, 1.82) is 0 Å². The Hall–Kier alpha value is -4.19. The fourth-order valence-electron chi connectivity index (χ4n) is 2.70. The molecule has 4 rings (SSSR count). The average molecular weight is 382 g/mol. The lowest BCUT2D eigenvalue weighted by molar-refractivity contribution is 0.0950. The van der Waals surface area contributed by atoms with Crippen LogP contribution in [-0.4, -0.2) is 22.3 Å². The molecular formula is C23H18N4O2. The predicted octanol–water partition coefficient (Wildman–Crippen LogP) is 4.63. The van der Waals surface area contributed by atoms with Crippen molar-refractivity contribution in [3.05, 3.63) is 102 Å². The number of nitrogens with one attached hydrogen (secondary N) is 2. The Bertz CT molecular complexity index is 1120. The number of H-pyrrole nitrogens is 1. The lowest BCUT2D eigenvalue weighted by Gasteiger charge is -2.05. The van der Waals surface area contributed by atoms with Crippen LogP contribution in [0.3, 0.4) is 0 Å². The number of benzene rings is 3. The molecule has 142 valence electrons. The van der Waals surface area contributed by atoms with Crippen LogP contribution in [-0.2, 0) is 0 Å². The van der Waals surface area contributed by atoms with E-state index in [1.165, 1.54) is 0 Å². The smallest absolute Gasteiger partial charge is 0.289 e. The molecule has 1 aromatic heterocycles. The van der Waals surface area contributed by atoms with Crippen LogP contribution in [0.15, 0.2) is 96.1 Å². The van der Waals surface area contributed by atoms with Gasteiger partial charge in [0.05, 0.1) is 11.9 Å². The second kappa shape index (κ2) is 8.67. The van der Waals surface area contributed by atoms with Gasteiger partial charge in [-0.2, -0.15) is 10.2 Å². The Morgan fingerprint density at radius 2 is 1.62 bits per heavy atom. The molecule has 0 aliphatic carbocycles. The topological polar surface area (TPSA) is 79.4 Å². The molecule has 3 aromatic carbocycles. The zero-order valence-corrected chi connectivity index (χ0v) is 15.4. The zero-order valence-electron chi connectivity index (χ0n) is 15.4. The molecule has 0 saturated heterocycles. The van der Waals surface area contributed by atoms with Gasteiger partial charge in [0.2, 0.25) is 0 Å². The van der Waals surface area contributed by atoms with Crippen molar-refractivity contribution in [1.82, 2.24) is 15.6 Å². The van der Waals surface area contributed by atoms with Gasteiger partial charge in [-0.3, -0.25) is 9.89 Å². The number of amides is 1. The lowest BCUT2D eigenvalue weighted by atomic mass is 10.1. The maximum Gasteiger partial charge on any atom is 0.289 e. The Balaban J connectivity index is 1.38. The maximum atomic E-state index is 12.3. The largest absolute Gasteiger partial charge is 0.457 e. The standard InChI is InChI=1S/C23H18N4O2/c28-23(22-15-21(25-26-22)18-9-3-1-4-10-18)27-24-16-17-8-7-13-20(14-17)29-19-11-5-2-6-12-19/h1-16H,(H,25,26)(H,27,28)/b24-16+. The molecule has 0 aliphatic heterocycles. The normalized spacial score (nSPS) is 10.8. The van der Waals surface area contributed by atoms with Gasteiger partial charge in [0.15, 0.2) is 0 Å². The highest BCUT2D eigenvalue weighted by molar-refractivity contribution is 5.94. The first-order chi connectivity index (χ1) is 14.3. The molecule has 0 radical (unpaired) electrons. The number of aromatic amines is 1. The minimum Gasteiger partial charge on any atom is -0.457 e. The fourth-order valence-corrected chi connectivity index (χ4v) is 2.70. The molecule has 4 aromatic rings. The molecule has 0 aliphatic rings. The van der Waals surface area contributed by atoms with E-state index in [4.69, 9.17) is 4.74 Å². The summed E-state index contributed by atoms with van der Waals surface area (Å²) in [5.41, 5.74) is 5.27. The number of hydrogen-bond donors (Lipinski definition) is 2. The molecule has 0 fully saturated rings. The Morgan fingerprint density at radius 3 is 2.41 bits per heavy atom. The summed E-state index contributed by atoms with van der Waals surface area (Å²) in [6.45, 7) is 0. The van der Waals surface area contributed by atoms with E-state index in [1.54, 1.807) is 12.3 Å². The first-order valence-corrected chi connectivity index (χ1v) is 9.05. The summed E-state index contributed by atoms with van der Waals surface area (Å²) < 4.78 is 5.80. The van der Waals surface area contributed by atoms with E-state index in [-0.39, 0.29) is 5.91 Å². The van der Waals surface area contributed by atoms with Crippen LogP contribution in [0, 0.1) is 0 Å². The van der Waals surface area contributed by atoms with E-state index >= 15 is 0 Å². The fraction of sp³-hybridized carbons (Fsp3) is 0. The summed E-state index contributed by atoms with van der Waals surface area (Å²) >= 11 is 0. The van der Waals surface area contributed by atoms with Crippen molar-refractivity contribution in [2.45, 2.75) is 0 Å². The van der Waals surface area contributed by atoms with Crippen molar-refractivity contribution in [2.75, 3.05) is 0 Å². The molecule has 6 heteroatoms. The van der Waals surface area contributed by atoms with Crippen LogP contribution in [0.4, 0.5) is 0 Å². The van der Waals surface area contributed by atoms with Gasteiger partial charge in [0, 0.05) is 5.56 Å². The van der Waals surface area contributed by atoms with Gasteiger partial charge >= 0.3 is 0 Å². The van der Waals surface area contributed by atoms with E-state index in [2.05, 4.69) is 20.7 Å². The Labute approximate surface area is 167 Å². The molecular weight excluding hydrogens is 364 g/mol. The SMILES string of the molecule is O=C(N/N=C/c1cccc(Oc2ccccc2)c1)c1cc(-c2ccccc2)n[nH]1. The van der Waals surface area contributed by atoms with Crippen LogP contribution in [0.1, 0.15) is 16.1 Å². The molecule has 0 unspecified atom stereocenters. The monoisotopic (exact) mass is 382 g/mol. The number of ether oxygens (including phenoxy) is 1. The van der Waals surface area contributed by atoms with Crippen LogP contribution in [0.2, 0.25) is 0 Å². The number of hydrazone groups is 1. The number of hydrogen-bond acceptors (Lipinski definition) is 4.